The van der Waals surface area contributed by atoms with Gasteiger partial charge in [0, 0.05) is 42.3 Å². The summed E-state index contributed by atoms with van der Waals surface area (Å²) in [5.74, 6) is -1.10. The minimum absolute atomic E-state index is 0.0594. The normalized spacial score (nSPS) is 10.7. The Bertz CT molecular complexity index is 1630. The Labute approximate surface area is 300 Å². The van der Waals surface area contributed by atoms with Crippen molar-refractivity contribution in [1.29, 1.82) is 0 Å². The van der Waals surface area contributed by atoms with Gasteiger partial charge in [-0.1, -0.05) is 38.1 Å². The molecule has 13 nitrogen and oxygen atoms in total. The number of ether oxygens (including phenoxy) is 2. The van der Waals surface area contributed by atoms with Gasteiger partial charge in [-0.05, 0) is 87.5 Å². The first kappa shape index (κ1) is 40.0. The van der Waals surface area contributed by atoms with E-state index >= 15 is 0 Å². The number of carbonyl (C=O) groups excluding carboxylic acids is 5. The summed E-state index contributed by atoms with van der Waals surface area (Å²) in [6, 6.07) is 20.2. The quantitative estimate of drug-likeness (QED) is 0.155. The molecule has 51 heavy (non-hydrogen) atoms. The molecule has 3 N–H and O–H groups in total. The van der Waals surface area contributed by atoms with Crippen molar-refractivity contribution in [2.24, 2.45) is 5.92 Å². The number of para-hydroxylation sites is 1. The van der Waals surface area contributed by atoms with Crippen LogP contribution >= 0.6 is 0 Å². The molecule has 0 aliphatic carbocycles. The summed E-state index contributed by atoms with van der Waals surface area (Å²) in [5, 5.41) is 8.37. The van der Waals surface area contributed by atoms with Gasteiger partial charge >= 0.3 is 12.0 Å². The van der Waals surface area contributed by atoms with Gasteiger partial charge < -0.3 is 40.1 Å². The smallest absolute Gasteiger partial charge is 0.323 e. The second-order valence-corrected chi connectivity index (χ2v) is 12.7. The highest BCUT2D eigenvalue weighted by Gasteiger charge is 2.25. The van der Waals surface area contributed by atoms with Crippen LogP contribution < -0.4 is 20.7 Å². The van der Waals surface area contributed by atoms with E-state index in [0.717, 1.165) is 5.56 Å². The van der Waals surface area contributed by atoms with Crippen molar-refractivity contribution in [1.82, 2.24) is 14.7 Å². The Morgan fingerprint density at radius 2 is 1.45 bits per heavy atom. The zero-order valence-corrected chi connectivity index (χ0v) is 30.4. The molecule has 0 aromatic heterocycles. The molecular weight excluding hydrogens is 652 g/mol. The fourth-order valence-corrected chi connectivity index (χ4v) is 4.81. The third kappa shape index (κ3) is 14.1. The van der Waals surface area contributed by atoms with Crippen LogP contribution in [0.4, 0.5) is 21.9 Å². The topological polar surface area (TPSA) is 150 Å². The molecular formula is C38H50N6O7. The Morgan fingerprint density at radius 1 is 0.765 bits per heavy atom. The molecule has 0 unspecified atom stereocenters. The van der Waals surface area contributed by atoms with Crippen molar-refractivity contribution < 1.29 is 33.4 Å². The van der Waals surface area contributed by atoms with Gasteiger partial charge in [0.1, 0.15) is 18.9 Å². The van der Waals surface area contributed by atoms with Crippen LogP contribution in [0.25, 0.3) is 0 Å². The molecule has 0 aliphatic rings. The summed E-state index contributed by atoms with van der Waals surface area (Å²) in [6.07, 6.45) is 0.521. The van der Waals surface area contributed by atoms with Gasteiger partial charge in [0.05, 0.1) is 20.1 Å². The van der Waals surface area contributed by atoms with Crippen molar-refractivity contribution in [2.45, 2.75) is 33.6 Å². The molecule has 0 spiro atoms. The van der Waals surface area contributed by atoms with Crippen LogP contribution in [0.5, 0.6) is 5.75 Å². The maximum atomic E-state index is 13.8. The molecule has 0 atom stereocenters. The summed E-state index contributed by atoms with van der Waals surface area (Å²) in [6.45, 7) is 6.31. The number of hydrogen-bond donors (Lipinski definition) is 3. The summed E-state index contributed by atoms with van der Waals surface area (Å²) in [7, 11) is 5.22. The van der Waals surface area contributed by atoms with Crippen molar-refractivity contribution >= 4 is 46.8 Å². The molecule has 0 bridgehead atoms. The van der Waals surface area contributed by atoms with E-state index < -0.39 is 29.7 Å². The van der Waals surface area contributed by atoms with Gasteiger partial charge in [-0.2, -0.15) is 0 Å². The fourth-order valence-electron chi connectivity index (χ4n) is 4.81. The molecule has 0 saturated heterocycles. The fraction of sp³-hybridized carbons (Fsp3) is 0.395. The van der Waals surface area contributed by atoms with E-state index in [0.29, 0.717) is 41.3 Å². The van der Waals surface area contributed by atoms with Crippen LogP contribution in [0.3, 0.4) is 0 Å². The molecule has 0 aliphatic heterocycles. The number of carbonyl (C=O) groups is 5. The summed E-state index contributed by atoms with van der Waals surface area (Å²) < 4.78 is 10.6. The third-order valence-electron chi connectivity index (χ3n) is 7.80. The number of hydrogen-bond acceptors (Lipinski definition) is 8. The SMILES string of the molecule is COc1cccc(C(=O)N(CCC(=O)OCCN(C)C)CC(=O)N(CCC(C)C)CC(=O)Nc2ccc(NC(=O)Nc3ccccc3C)cc2)c1. The zero-order chi connectivity index (χ0) is 37.3. The summed E-state index contributed by atoms with van der Waals surface area (Å²) in [4.78, 5) is 70.2. The highest BCUT2D eigenvalue weighted by molar-refractivity contribution is 6.01. The Balaban J connectivity index is 1.67. The van der Waals surface area contributed by atoms with Crippen LogP contribution in [0, 0.1) is 12.8 Å². The Morgan fingerprint density at radius 3 is 2.10 bits per heavy atom. The molecule has 3 rings (SSSR count). The minimum Gasteiger partial charge on any atom is -0.497 e. The number of anilines is 3. The molecule has 13 heteroatoms. The number of methoxy groups -OCH3 is 1. The minimum atomic E-state index is -0.489. The van der Waals surface area contributed by atoms with Crippen LogP contribution in [0.1, 0.15) is 42.6 Å². The molecule has 274 valence electrons. The second-order valence-electron chi connectivity index (χ2n) is 12.7. The summed E-state index contributed by atoms with van der Waals surface area (Å²) in [5.41, 5.74) is 2.92. The lowest BCUT2D eigenvalue weighted by Gasteiger charge is -2.28. The predicted octanol–water partition coefficient (Wildman–Crippen LogP) is 5.10. The monoisotopic (exact) mass is 702 g/mol. The van der Waals surface area contributed by atoms with Crippen molar-refractivity contribution in [3.63, 3.8) is 0 Å². The van der Waals surface area contributed by atoms with E-state index in [1.807, 2.05) is 64.0 Å². The molecule has 0 heterocycles. The van der Waals surface area contributed by atoms with E-state index in [9.17, 15) is 24.0 Å². The van der Waals surface area contributed by atoms with Crippen LogP contribution in [0.15, 0.2) is 72.8 Å². The average Bonchev–Trinajstić information content (AvgIpc) is 3.09. The third-order valence-corrected chi connectivity index (χ3v) is 7.80. The zero-order valence-electron chi connectivity index (χ0n) is 30.4. The van der Waals surface area contributed by atoms with E-state index in [2.05, 4.69) is 16.0 Å². The second kappa shape index (κ2) is 20.3. The van der Waals surface area contributed by atoms with Gasteiger partial charge in [0.2, 0.25) is 11.8 Å². The predicted molar refractivity (Wildman–Crippen MR) is 198 cm³/mol. The van der Waals surface area contributed by atoms with E-state index in [1.165, 1.54) is 16.9 Å². The first-order chi connectivity index (χ1) is 24.3. The van der Waals surface area contributed by atoms with Crippen molar-refractivity contribution in [3.05, 3.63) is 83.9 Å². The number of likely N-dealkylation sites (N-methyl/N-ethyl adjacent to an activating group) is 1. The van der Waals surface area contributed by atoms with E-state index in [-0.39, 0.29) is 45.1 Å². The molecule has 0 fully saturated rings. The maximum absolute atomic E-state index is 13.8. The molecule has 0 saturated carbocycles. The first-order valence-electron chi connectivity index (χ1n) is 16.9. The van der Waals surface area contributed by atoms with Gasteiger partial charge in [0.15, 0.2) is 0 Å². The summed E-state index contributed by atoms with van der Waals surface area (Å²) >= 11 is 0. The molecule has 3 aromatic carbocycles. The lowest BCUT2D eigenvalue weighted by Crippen LogP contribution is -2.46. The van der Waals surface area contributed by atoms with Crippen LogP contribution in [0.2, 0.25) is 0 Å². The number of benzene rings is 3. The van der Waals surface area contributed by atoms with Crippen LogP contribution in [-0.2, 0) is 19.1 Å². The lowest BCUT2D eigenvalue weighted by molar-refractivity contribution is -0.144. The highest BCUT2D eigenvalue weighted by atomic mass is 16.5. The Kier molecular flexibility index (Phi) is 15.9. The van der Waals surface area contributed by atoms with Gasteiger partial charge in [-0.25, -0.2) is 4.79 Å². The lowest BCUT2D eigenvalue weighted by atomic mass is 10.1. The number of aryl methyl sites for hydroxylation is 1. The number of amides is 5. The number of esters is 1. The number of urea groups is 1. The van der Waals surface area contributed by atoms with Gasteiger partial charge in [0.25, 0.3) is 5.91 Å². The standard InChI is InChI=1S/C38H50N6O7/c1-27(2)18-20-43(25-34(45)39-30-14-16-31(17-15-30)40-38(49)41-33-13-8-7-10-28(33)3)35(46)26-44(21-19-36(47)51-23-22-42(4)5)37(48)29-11-9-12-32(24-29)50-6/h7-17,24,27H,18-23,25-26H2,1-6H3,(H,39,45)(H2,40,41,49). The Hall–Kier alpha value is -5.43. The van der Waals surface area contributed by atoms with Gasteiger partial charge in [-0.15, -0.1) is 0 Å². The molecule has 5 amide bonds. The number of nitrogens with zero attached hydrogens (tertiary/aromatic N) is 3. The average molecular weight is 703 g/mol. The number of rotatable bonds is 18. The van der Waals surface area contributed by atoms with Crippen LogP contribution in [-0.4, -0.2) is 105 Å². The van der Waals surface area contributed by atoms with E-state index in [1.54, 1.807) is 48.5 Å². The van der Waals surface area contributed by atoms with E-state index in [4.69, 9.17) is 9.47 Å². The largest absolute Gasteiger partial charge is 0.497 e. The van der Waals surface area contributed by atoms with Gasteiger partial charge in [-0.3, -0.25) is 19.2 Å². The maximum Gasteiger partial charge on any atom is 0.323 e. The highest BCUT2D eigenvalue weighted by Crippen LogP contribution is 2.18. The number of nitrogens with one attached hydrogen (secondary N) is 3. The first-order valence-corrected chi connectivity index (χ1v) is 16.9. The van der Waals surface area contributed by atoms with Crippen molar-refractivity contribution in [2.75, 3.05) is 76.5 Å². The molecule has 3 aromatic rings. The van der Waals surface area contributed by atoms with Crippen molar-refractivity contribution in [3.8, 4) is 5.75 Å². The molecule has 0 radical (unpaired) electrons.